The van der Waals surface area contributed by atoms with E-state index in [0.29, 0.717) is 28.9 Å². The summed E-state index contributed by atoms with van der Waals surface area (Å²) in [7, 11) is 4.17. The van der Waals surface area contributed by atoms with Crippen molar-refractivity contribution in [2.45, 2.75) is 64.5 Å². The number of carbonyl (C=O) groups excluding carboxylic acids is 1. The molecule has 0 radical (unpaired) electrons. The fourth-order valence-corrected chi connectivity index (χ4v) is 4.47. The number of quaternary nitrogens is 1. The molecule has 1 aromatic heterocycles. The number of carbonyl (C=O) groups is 1. The number of anilines is 1. The lowest BCUT2D eigenvalue weighted by Gasteiger charge is -2.39. The van der Waals surface area contributed by atoms with Crippen LogP contribution in [0.25, 0.3) is 6.08 Å². The number of likely N-dealkylation sites (tertiary alicyclic amines) is 1. The molecule has 3 aliphatic heterocycles. The van der Waals surface area contributed by atoms with E-state index in [0.717, 1.165) is 68.9 Å². The summed E-state index contributed by atoms with van der Waals surface area (Å²) in [6.45, 7) is 6.22. The highest BCUT2D eigenvalue weighted by Crippen LogP contribution is 2.33. The highest BCUT2D eigenvalue weighted by molar-refractivity contribution is 5.75. The molecule has 170 valence electrons. The SMILES string of the molecule is C1CC1.CC1=Cc2cnc(NC3CCOCC3)nc2C[N+]1(C)C(=O)C1CCN(C)CC1. The average molecular weight is 429 g/mol. The van der Waals surface area contributed by atoms with Gasteiger partial charge in [0.1, 0.15) is 17.9 Å². The van der Waals surface area contributed by atoms with Gasteiger partial charge < -0.3 is 15.0 Å². The van der Waals surface area contributed by atoms with E-state index in [2.05, 4.69) is 35.2 Å². The first-order chi connectivity index (χ1) is 15.0. The Labute approximate surface area is 186 Å². The first kappa shape index (κ1) is 22.4. The number of rotatable bonds is 3. The Morgan fingerprint density at radius 3 is 2.48 bits per heavy atom. The maximum atomic E-state index is 13.4. The molecule has 0 spiro atoms. The van der Waals surface area contributed by atoms with E-state index >= 15 is 0 Å². The van der Waals surface area contributed by atoms with Crippen molar-refractivity contribution in [2.75, 3.05) is 45.7 Å². The molecular weight excluding hydrogens is 390 g/mol. The molecule has 1 aromatic rings. The molecule has 4 heterocycles. The zero-order chi connectivity index (χ0) is 21.8. The van der Waals surface area contributed by atoms with Crippen LogP contribution in [0.2, 0.25) is 0 Å². The van der Waals surface area contributed by atoms with Crippen LogP contribution in [-0.2, 0) is 16.1 Å². The highest BCUT2D eigenvalue weighted by Gasteiger charge is 2.43. The third kappa shape index (κ3) is 5.51. The van der Waals surface area contributed by atoms with Crippen molar-refractivity contribution >= 4 is 17.9 Å². The summed E-state index contributed by atoms with van der Waals surface area (Å²) in [5.74, 6) is 1.12. The third-order valence-electron chi connectivity index (χ3n) is 6.97. The summed E-state index contributed by atoms with van der Waals surface area (Å²) >= 11 is 0. The van der Waals surface area contributed by atoms with Gasteiger partial charge in [0.15, 0.2) is 0 Å². The number of hydrogen-bond acceptors (Lipinski definition) is 6. The van der Waals surface area contributed by atoms with Crippen LogP contribution >= 0.6 is 0 Å². The smallest absolute Gasteiger partial charge is 0.321 e. The lowest BCUT2D eigenvalue weighted by atomic mass is 9.93. The van der Waals surface area contributed by atoms with Crippen LogP contribution in [0.3, 0.4) is 0 Å². The van der Waals surface area contributed by atoms with E-state index < -0.39 is 0 Å². The molecule has 7 heteroatoms. The fourth-order valence-electron chi connectivity index (χ4n) is 4.47. The van der Waals surface area contributed by atoms with Crippen LogP contribution in [0.5, 0.6) is 0 Å². The van der Waals surface area contributed by atoms with Crippen LogP contribution < -0.4 is 5.32 Å². The number of hydrogen-bond donors (Lipinski definition) is 1. The van der Waals surface area contributed by atoms with Gasteiger partial charge in [0.2, 0.25) is 5.95 Å². The van der Waals surface area contributed by atoms with Gasteiger partial charge in [-0.1, -0.05) is 19.3 Å². The minimum absolute atomic E-state index is 0.132. The molecule has 4 aliphatic rings. The Hall–Kier alpha value is -1.83. The van der Waals surface area contributed by atoms with Crippen molar-refractivity contribution in [1.29, 1.82) is 0 Å². The predicted octanol–water partition coefficient (Wildman–Crippen LogP) is 3.43. The first-order valence-corrected chi connectivity index (χ1v) is 11.9. The molecule has 1 amide bonds. The monoisotopic (exact) mass is 428 g/mol. The van der Waals surface area contributed by atoms with Crippen molar-refractivity contribution in [3.05, 3.63) is 23.2 Å². The van der Waals surface area contributed by atoms with Gasteiger partial charge in [-0.2, -0.15) is 0 Å². The molecule has 1 saturated carbocycles. The maximum absolute atomic E-state index is 13.4. The molecule has 7 nitrogen and oxygen atoms in total. The first-order valence-electron chi connectivity index (χ1n) is 11.9. The van der Waals surface area contributed by atoms with Crippen molar-refractivity contribution in [3.8, 4) is 0 Å². The highest BCUT2D eigenvalue weighted by atomic mass is 16.5. The van der Waals surface area contributed by atoms with Crippen LogP contribution in [0, 0.1) is 5.92 Å². The molecule has 1 N–H and O–H groups in total. The molecule has 2 saturated heterocycles. The average Bonchev–Trinajstić information content (AvgIpc) is 3.65. The topological polar surface area (TPSA) is 67.4 Å². The van der Waals surface area contributed by atoms with Crippen LogP contribution in [-0.4, -0.2) is 71.7 Å². The fraction of sp³-hybridized carbons (Fsp3) is 0.708. The van der Waals surface area contributed by atoms with Crippen molar-refractivity contribution < 1.29 is 14.0 Å². The van der Waals surface area contributed by atoms with E-state index in [9.17, 15) is 4.79 Å². The number of ether oxygens (including phenoxy) is 1. The second-order valence-corrected chi connectivity index (χ2v) is 9.74. The quantitative estimate of drug-likeness (QED) is 0.744. The van der Waals surface area contributed by atoms with Gasteiger partial charge in [-0.3, -0.25) is 0 Å². The van der Waals surface area contributed by atoms with Gasteiger partial charge >= 0.3 is 5.91 Å². The Morgan fingerprint density at radius 1 is 1.16 bits per heavy atom. The number of fused-ring (bicyclic) bond motifs is 1. The van der Waals surface area contributed by atoms with Crippen molar-refractivity contribution in [1.82, 2.24) is 14.9 Å². The van der Waals surface area contributed by atoms with Gasteiger partial charge in [0, 0.05) is 44.0 Å². The summed E-state index contributed by atoms with van der Waals surface area (Å²) in [6, 6.07) is 0.356. The summed E-state index contributed by atoms with van der Waals surface area (Å²) in [4.78, 5) is 25.0. The second-order valence-electron chi connectivity index (χ2n) is 9.74. The van der Waals surface area contributed by atoms with E-state index in [1.807, 2.05) is 13.2 Å². The van der Waals surface area contributed by atoms with Gasteiger partial charge in [0.25, 0.3) is 0 Å². The van der Waals surface area contributed by atoms with Gasteiger partial charge in [-0.05, 0) is 45.8 Å². The van der Waals surface area contributed by atoms with Crippen LogP contribution in [0.1, 0.15) is 63.1 Å². The molecular formula is C24H38N5O2+. The summed E-state index contributed by atoms with van der Waals surface area (Å²) < 4.78 is 5.75. The van der Waals surface area contributed by atoms with Gasteiger partial charge in [-0.15, -0.1) is 0 Å². The molecule has 31 heavy (non-hydrogen) atoms. The zero-order valence-electron chi connectivity index (χ0n) is 19.4. The summed E-state index contributed by atoms with van der Waals surface area (Å²) in [6.07, 6.45) is 12.3. The van der Waals surface area contributed by atoms with Gasteiger partial charge in [0.05, 0.1) is 13.0 Å². The molecule has 3 fully saturated rings. The maximum Gasteiger partial charge on any atom is 0.321 e. The molecule has 5 rings (SSSR count). The van der Waals surface area contributed by atoms with E-state index in [1.165, 1.54) is 19.3 Å². The number of piperidine rings is 1. The Morgan fingerprint density at radius 2 is 1.84 bits per heavy atom. The number of nitrogens with one attached hydrogen (secondary N) is 1. The molecule has 1 atom stereocenters. The largest absolute Gasteiger partial charge is 0.381 e. The molecule has 0 bridgehead atoms. The molecule has 0 aromatic carbocycles. The Kier molecular flexibility index (Phi) is 7.04. The van der Waals surface area contributed by atoms with Crippen LogP contribution in [0.4, 0.5) is 5.95 Å². The summed E-state index contributed by atoms with van der Waals surface area (Å²) in [5, 5.41) is 3.45. The normalized spacial score (nSPS) is 26.9. The Bertz CT molecular complexity index is 807. The summed E-state index contributed by atoms with van der Waals surface area (Å²) in [5.41, 5.74) is 3.06. The van der Waals surface area contributed by atoms with Crippen molar-refractivity contribution in [2.24, 2.45) is 5.92 Å². The van der Waals surface area contributed by atoms with Gasteiger partial charge in [-0.25, -0.2) is 19.2 Å². The van der Waals surface area contributed by atoms with Crippen LogP contribution in [0.15, 0.2) is 11.9 Å². The number of aromatic nitrogens is 2. The van der Waals surface area contributed by atoms with E-state index in [1.54, 1.807) is 0 Å². The zero-order valence-corrected chi connectivity index (χ0v) is 19.4. The number of amides is 1. The van der Waals surface area contributed by atoms with E-state index in [4.69, 9.17) is 9.72 Å². The second kappa shape index (κ2) is 9.76. The molecule has 1 aliphatic carbocycles. The lowest BCUT2D eigenvalue weighted by Crippen LogP contribution is -2.53. The third-order valence-corrected chi connectivity index (χ3v) is 6.97. The Balaban J connectivity index is 0.000000710. The molecule has 1 unspecified atom stereocenters. The minimum atomic E-state index is 0.132. The standard InChI is InChI=1S/C21H32N5O2.C3H6/c1-15-12-17-13-22-21(23-18-6-10-28-11-7-18)24-19(17)14-26(15,3)20(27)16-4-8-25(2)9-5-16;1-2-3-1/h12-13,16,18H,4-11,14H2,1-3H3,(H,22,23,24);1-3H2/q+1;. The number of nitrogens with zero attached hydrogens (tertiary/aromatic N) is 4. The minimum Gasteiger partial charge on any atom is -0.381 e. The lowest BCUT2D eigenvalue weighted by molar-refractivity contribution is -0.812. The number of allylic oxidation sites excluding steroid dienone is 1. The van der Waals surface area contributed by atoms with E-state index in [-0.39, 0.29) is 5.92 Å². The van der Waals surface area contributed by atoms with Crippen molar-refractivity contribution in [3.63, 3.8) is 0 Å². The predicted molar refractivity (Wildman–Crippen MR) is 122 cm³/mol.